The highest BCUT2D eigenvalue weighted by molar-refractivity contribution is 7.98. The molecule has 0 aliphatic rings. The second-order valence-corrected chi connectivity index (χ2v) is 7.48. The smallest absolute Gasteiger partial charge is 0.258 e. The maximum atomic E-state index is 12.4. The third kappa shape index (κ3) is 2.99. The molecule has 130 valence electrons. The molecular weight excluding hydrogens is 342 g/mol. The van der Waals surface area contributed by atoms with Crippen LogP contribution >= 0.6 is 11.8 Å². The van der Waals surface area contributed by atoms with E-state index in [9.17, 15) is 4.79 Å². The monoisotopic (exact) mass is 361 g/mol. The van der Waals surface area contributed by atoms with E-state index >= 15 is 0 Å². The van der Waals surface area contributed by atoms with Crippen LogP contribution in [-0.4, -0.2) is 14.4 Å². The third-order valence-electron chi connectivity index (χ3n) is 4.53. The van der Waals surface area contributed by atoms with Crippen molar-refractivity contribution < 1.29 is 0 Å². The van der Waals surface area contributed by atoms with Crippen LogP contribution < -0.4 is 5.56 Å². The number of nitrogens with zero attached hydrogens (tertiary/aromatic N) is 3. The highest BCUT2D eigenvalue weighted by Crippen LogP contribution is 2.27. The maximum Gasteiger partial charge on any atom is 0.258 e. The Labute approximate surface area is 155 Å². The first-order valence-electron chi connectivity index (χ1n) is 8.51. The summed E-state index contributed by atoms with van der Waals surface area (Å²) in [5, 5.41) is 2.14. The molecule has 0 unspecified atom stereocenters. The molecule has 3 heterocycles. The second kappa shape index (κ2) is 6.57. The fourth-order valence-corrected chi connectivity index (χ4v) is 4.05. The summed E-state index contributed by atoms with van der Waals surface area (Å²) in [6.07, 6.45) is 0. The topological polar surface area (TPSA) is 47.3 Å². The van der Waals surface area contributed by atoms with Crippen LogP contribution in [-0.2, 0) is 5.75 Å². The maximum absolute atomic E-state index is 12.4. The number of aromatic nitrogens is 3. The van der Waals surface area contributed by atoms with E-state index in [4.69, 9.17) is 4.98 Å². The van der Waals surface area contributed by atoms with Gasteiger partial charge >= 0.3 is 0 Å². The lowest BCUT2D eigenvalue weighted by molar-refractivity contribution is 0.968. The predicted octanol–water partition coefficient (Wildman–Crippen LogP) is 4.46. The molecule has 0 aliphatic carbocycles. The minimum absolute atomic E-state index is 0.0396. The number of pyridine rings is 2. The first-order chi connectivity index (χ1) is 12.5. The van der Waals surface area contributed by atoms with Gasteiger partial charge in [-0.1, -0.05) is 36.0 Å². The third-order valence-corrected chi connectivity index (χ3v) is 5.47. The van der Waals surface area contributed by atoms with E-state index in [1.54, 1.807) is 22.2 Å². The van der Waals surface area contributed by atoms with Crippen LogP contribution in [0.2, 0.25) is 0 Å². The van der Waals surface area contributed by atoms with Crippen molar-refractivity contribution in [2.75, 3.05) is 0 Å². The average Bonchev–Trinajstić information content (AvgIpc) is 2.61. The first-order valence-corrected chi connectivity index (χ1v) is 9.49. The lowest BCUT2D eigenvalue weighted by Gasteiger charge is -2.09. The highest BCUT2D eigenvalue weighted by atomic mass is 32.2. The number of aryl methyl sites for hydroxylation is 3. The zero-order valence-corrected chi connectivity index (χ0v) is 15.8. The van der Waals surface area contributed by atoms with Gasteiger partial charge in [0.15, 0.2) is 0 Å². The van der Waals surface area contributed by atoms with Gasteiger partial charge in [-0.15, -0.1) is 0 Å². The van der Waals surface area contributed by atoms with E-state index in [0.717, 1.165) is 21.9 Å². The van der Waals surface area contributed by atoms with Crippen LogP contribution in [0.4, 0.5) is 0 Å². The van der Waals surface area contributed by atoms with Crippen LogP contribution in [0.3, 0.4) is 0 Å². The number of para-hydroxylation sites is 1. The van der Waals surface area contributed by atoms with Gasteiger partial charge in [0.25, 0.3) is 5.56 Å². The summed E-state index contributed by atoms with van der Waals surface area (Å²) in [6, 6.07) is 15.7. The molecular formula is C21H19N3OS. The molecule has 5 heteroatoms. The van der Waals surface area contributed by atoms with Crippen molar-refractivity contribution in [1.82, 2.24) is 14.4 Å². The highest BCUT2D eigenvalue weighted by Gasteiger charge is 2.08. The van der Waals surface area contributed by atoms with Gasteiger partial charge in [0, 0.05) is 22.9 Å². The minimum Gasteiger partial charge on any atom is -0.269 e. The van der Waals surface area contributed by atoms with Gasteiger partial charge in [-0.25, -0.2) is 9.97 Å². The lowest BCUT2D eigenvalue weighted by Crippen LogP contribution is -2.17. The molecule has 3 aromatic heterocycles. The minimum atomic E-state index is -0.0396. The van der Waals surface area contributed by atoms with Crippen molar-refractivity contribution in [2.24, 2.45) is 0 Å². The van der Waals surface area contributed by atoms with Gasteiger partial charge in [0.05, 0.1) is 16.2 Å². The summed E-state index contributed by atoms with van der Waals surface area (Å²) in [6.45, 7) is 6.10. The van der Waals surface area contributed by atoms with Gasteiger partial charge in [-0.05, 0) is 50.1 Å². The number of rotatable bonds is 3. The quantitative estimate of drug-likeness (QED) is 0.506. The molecule has 0 amide bonds. The van der Waals surface area contributed by atoms with E-state index in [1.807, 2.05) is 25.1 Å². The number of hydrogen-bond acceptors (Lipinski definition) is 4. The van der Waals surface area contributed by atoms with Crippen molar-refractivity contribution in [2.45, 2.75) is 31.6 Å². The number of thioether (sulfide) groups is 1. The van der Waals surface area contributed by atoms with Gasteiger partial charge in [0.2, 0.25) is 0 Å². The fraction of sp³-hybridized carbons (Fsp3) is 0.190. The molecule has 26 heavy (non-hydrogen) atoms. The van der Waals surface area contributed by atoms with Crippen LogP contribution in [0.15, 0.2) is 58.4 Å². The summed E-state index contributed by atoms with van der Waals surface area (Å²) < 4.78 is 1.63. The van der Waals surface area contributed by atoms with Crippen molar-refractivity contribution in [1.29, 1.82) is 0 Å². The van der Waals surface area contributed by atoms with Crippen molar-refractivity contribution >= 4 is 28.3 Å². The second-order valence-electron chi connectivity index (χ2n) is 6.48. The Morgan fingerprint density at radius 2 is 1.77 bits per heavy atom. The zero-order chi connectivity index (χ0) is 18.3. The molecule has 0 radical (unpaired) electrons. The molecule has 0 bridgehead atoms. The summed E-state index contributed by atoms with van der Waals surface area (Å²) in [5.74, 6) is 0.615. The molecule has 4 rings (SSSR count). The van der Waals surface area contributed by atoms with E-state index in [-0.39, 0.29) is 5.56 Å². The van der Waals surface area contributed by atoms with Gasteiger partial charge in [-0.2, -0.15) is 0 Å². The molecule has 0 atom stereocenters. The Morgan fingerprint density at radius 3 is 2.62 bits per heavy atom. The van der Waals surface area contributed by atoms with Gasteiger partial charge < -0.3 is 0 Å². The zero-order valence-electron chi connectivity index (χ0n) is 15.0. The van der Waals surface area contributed by atoms with Crippen molar-refractivity contribution in [3.05, 3.63) is 81.4 Å². The van der Waals surface area contributed by atoms with E-state index < -0.39 is 0 Å². The molecule has 0 spiro atoms. The van der Waals surface area contributed by atoms with E-state index in [1.165, 1.54) is 16.5 Å². The fourth-order valence-electron chi connectivity index (χ4n) is 3.19. The molecule has 4 nitrogen and oxygen atoms in total. The van der Waals surface area contributed by atoms with Gasteiger partial charge in [-0.3, -0.25) is 9.20 Å². The number of hydrogen-bond donors (Lipinski definition) is 0. The van der Waals surface area contributed by atoms with Gasteiger partial charge in [0.1, 0.15) is 5.65 Å². The SMILES string of the molecule is Cc1cc(SCc2cc(=O)n3c(C)cccc3n2)nc2c(C)cccc12. The number of fused-ring (bicyclic) bond motifs is 2. The average molecular weight is 361 g/mol. The molecule has 1 aromatic carbocycles. The Hall–Kier alpha value is -2.66. The predicted molar refractivity (Wildman–Crippen MR) is 107 cm³/mol. The molecule has 4 aromatic rings. The lowest BCUT2D eigenvalue weighted by atomic mass is 10.1. The van der Waals surface area contributed by atoms with Crippen LogP contribution in [0.25, 0.3) is 16.6 Å². The summed E-state index contributed by atoms with van der Waals surface area (Å²) in [7, 11) is 0. The number of benzene rings is 1. The Bertz CT molecular complexity index is 1200. The first kappa shape index (κ1) is 16.8. The largest absolute Gasteiger partial charge is 0.269 e. The normalized spacial score (nSPS) is 11.3. The Kier molecular flexibility index (Phi) is 4.24. The standard InChI is InChI=1S/C21H19N3OS/c1-13-6-4-8-17-14(2)10-19(23-21(13)17)26-12-16-11-20(25)24-15(3)7-5-9-18(24)22-16/h4-11H,12H2,1-3H3. The molecule has 0 aliphatic heterocycles. The van der Waals surface area contributed by atoms with E-state index in [2.05, 4.69) is 43.1 Å². The van der Waals surface area contributed by atoms with Crippen LogP contribution in [0, 0.1) is 20.8 Å². The van der Waals surface area contributed by atoms with Crippen LogP contribution in [0.1, 0.15) is 22.5 Å². The molecule has 0 saturated heterocycles. The van der Waals surface area contributed by atoms with Crippen LogP contribution in [0.5, 0.6) is 0 Å². The summed E-state index contributed by atoms with van der Waals surface area (Å²) >= 11 is 1.61. The van der Waals surface area contributed by atoms with E-state index in [0.29, 0.717) is 11.4 Å². The molecule has 0 N–H and O–H groups in total. The summed E-state index contributed by atoms with van der Waals surface area (Å²) in [5.41, 5.74) is 5.73. The van der Waals surface area contributed by atoms with Crippen molar-refractivity contribution in [3.8, 4) is 0 Å². The van der Waals surface area contributed by atoms with Crippen molar-refractivity contribution in [3.63, 3.8) is 0 Å². The molecule has 0 fully saturated rings. The summed E-state index contributed by atoms with van der Waals surface area (Å²) in [4.78, 5) is 21.8. The molecule has 0 saturated carbocycles. The Balaban J connectivity index is 1.67. The Morgan fingerprint density at radius 1 is 0.962 bits per heavy atom.